The monoisotopic (exact) mass is 564 g/mol. The molecule has 7 nitrogen and oxygen atoms in total. The summed E-state index contributed by atoms with van der Waals surface area (Å²) >= 11 is 0. The van der Waals surface area contributed by atoms with Gasteiger partial charge in [0, 0.05) is 30.1 Å². The number of Topliss-reactive ketones (excluding diaryl/α,β-unsaturated/α-hetero) is 2. The topological polar surface area (TPSA) is 115 Å². The molecule has 0 radical (unpaired) electrons. The Hall–Kier alpha value is -3.62. The Bertz CT molecular complexity index is 1390. The second-order valence-electron chi connectivity index (χ2n) is 10.0. The Morgan fingerprint density at radius 1 is 0.775 bits per heavy atom. The fourth-order valence-electron chi connectivity index (χ4n) is 4.29. The molecule has 40 heavy (non-hydrogen) atoms. The molecule has 0 amide bonds. The summed E-state index contributed by atoms with van der Waals surface area (Å²) in [6.07, 6.45) is 1.54. The fraction of sp³-hybridized carbons (Fsp3) is 0.344. The number of carbonyl (C=O) groups excluding carboxylic acids is 2. The van der Waals surface area contributed by atoms with Crippen LogP contribution < -0.4 is 0 Å². The largest absolute Gasteiger partial charge is 0.481 e. The number of rotatable bonds is 16. The van der Waals surface area contributed by atoms with Gasteiger partial charge in [0.15, 0.2) is 21.4 Å². The first kappa shape index (κ1) is 30.9. The minimum atomic E-state index is -3.70. The lowest BCUT2D eigenvalue weighted by Crippen LogP contribution is -2.25. The van der Waals surface area contributed by atoms with Crippen LogP contribution in [0.15, 0.2) is 77.7 Å². The Morgan fingerprint density at radius 3 is 1.95 bits per heavy atom. The van der Waals surface area contributed by atoms with Gasteiger partial charge in [-0.2, -0.15) is 0 Å². The van der Waals surface area contributed by atoms with E-state index in [1.165, 1.54) is 0 Å². The highest BCUT2D eigenvalue weighted by Crippen LogP contribution is 2.23. The maximum atomic E-state index is 13.6. The van der Waals surface area contributed by atoms with E-state index in [9.17, 15) is 22.8 Å². The van der Waals surface area contributed by atoms with Gasteiger partial charge in [0.1, 0.15) is 0 Å². The molecule has 0 saturated heterocycles. The number of aliphatic carboxylic acids is 1. The molecule has 0 bridgehead atoms. The van der Waals surface area contributed by atoms with Gasteiger partial charge < -0.3 is 9.84 Å². The molecule has 0 aliphatic heterocycles. The fourth-order valence-corrected chi connectivity index (χ4v) is 5.88. The van der Waals surface area contributed by atoms with E-state index in [0.29, 0.717) is 30.4 Å². The second-order valence-corrected chi connectivity index (χ2v) is 12.1. The molecule has 0 aliphatic carbocycles. The number of carbonyl (C=O) groups is 3. The summed E-state index contributed by atoms with van der Waals surface area (Å²) < 4.78 is 31.7. The molecule has 1 atom stereocenters. The maximum Gasteiger partial charge on any atom is 0.305 e. The zero-order valence-electron chi connectivity index (χ0n) is 23.0. The third-order valence-corrected chi connectivity index (χ3v) is 8.55. The van der Waals surface area contributed by atoms with Crippen molar-refractivity contribution in [2.45, 2.75) is 50.8 Å². The minimum absolute atomic E-state index is 0.0816. The number of carboxylic acid groups (broad SMARTS) is 1. The summed E-state index contributed by atoms with van der Waals surface area (Å²) in [7, 11) is -3.70. The van der Waals surface area contributed by atoms with Crippen LogP contribution in [0, 0.1) is 19.8 Å². The number of hydrogen-bond donors (Lipinski definition) is 1. The van der Waals surface area contributed by atoms with Gasteiger partial charge in [0.25, 0.3) is 0 Å². The van der Waals surface area contributed by atoms with Crippen LogP contribution in [0.2, 0.25) is 0 Å². The van der Waals surface area contributed by atoms with E-state index >= 15 is 0 Å². The summed E-state index contributed by atoms with van der Waals surface area (Å²) in [4.78, 5) is 36.8. The van der Waals surface area contributed by atoms with Crippen LogP contribution in [0.1, 0.15) is 63.1 Å². The average molecular weight is 565 g/mol. The summed E-state index contributed by atoms with van der Waals surface area (Å²) in [5.74, 6) is -2.37. The highest BCUT2D eigenvalue weighted by Gasteiger charge is 2.28. The minimum Gasteiger partial charge on any atom is -0.481 e. The zero-order valence-corrected chi connectivity index (χ0v) is 23.8. The van der Waals surface area contributed by atoms with Gasteiger partial charge in [-0.15, -0.1) is 0 Å². The van der Waals surface area contributed by atoms with Gasteiger partial charge in [-0.3, -0.25) is 14.4 Å². The quantitative estimate of drug-likeness (QED) is 0.176. The van der Waals surface area contributed by atoms with Crippen LogP contribution in [0.5, 0.6) is 0 Å². The molecule has 0 aromatic heterocycles. The van der Waals surface area contributed by atoms with Crippen molar-refractivity contribution in [3.63, 3.8) is 0 Å². The van der Waals surface area contributed by atoms with E-state index in [2.05, 4.69) is 0 Å². The normalized spacial score (nSPS) is 12.2. The molecule has 212 valence electrons. The smallest absolute Gasteiger partial charge is 0.305 e. The standard InChI is InChI=1S/C32H36O7S/c1-23-5-9-25(10-6-23)11-12-28(22-40(37,38)29-17-7-24(2)8-18-29)32(36)27-15-13-26(14-16-27)30(33)4-3-20-39-21-19-31(34)35/h5-10,13-18,28H,3-4,11-12,19-22H2,1-2H3,(H,34,35). The van der Waals surface area contributed by atoms with E-state index < -0.39 is 21.7 Å². The van der Waals surface area contributed by atoms with Gasteiger partial charge in [-0.05, 0) is 50.8 Å². The number of aryl methyl sites for hydroxylation is 3. The summed E-state index contributed by atoms with van der Waals surface area (Å²) in [6, 6.07) is 20.9. The van der Waals surface area contributed by atoms with Gasteiger partial charge in [0.05, 0.1) is 23.7 Å². The lowest BCUT2D eigenvalue weighted by molar-refractivity contribution is -0.138. The van der Waals surface area contributed by atoms with Crippen LogP contribution in [-0.2, 0) is 25.8 Å². The highest BCUT2D eigenvalue weighted by atomic mass is 32.2. The predicted octanol–water partition coefficient (Wildman–Crippen LogP) is 5.66. The Balaban J connectivity index is 1.69. The third kappa shape index (κ3) is 9.54. The molecule has 0 heterocycles. The molecule has 3 aromatic carbocycles. The SMILES string of the molecule is Cc1ccc(CCC(CS(=O)(=O)c2ccc(C)cc2)C(=O)c2ccc(C(=O)CCCOCCC(=O)O)cc2)cc1. The number of sulfone groups is 1. The lowest BCUT2D eigenvalue weighted by atomic mass is 9.92. The number of ketones is 2. The second kappa shape index (κ2) is 14.7. The van der Waals surface area contributed by atoms with Gasteiger partial charge in [0.2, 0.25) is 0 Å². The molecule has 0 fully saturated rings. The van der Waals surface area contributed by atoms with Crippen LogP contribution in [-0.4, -0.2) is 50.0 Å². The number of benzene rings is 3. The summed E-state index contributed by atoms with van der Waals surface area (Å²) in [5, 5.41) is 8.62. The maximum absolute atomic E-state index is 13.6. The molecule has 3 aromatic rings. The van der Waals surface area contributed by atoms with Crippen LogP contribution in [0.4, 0.5) is 0 Å². The Labute approximate surface area is 236 Å². The van der Waals surface area contributed by atoms with Crippen molar-refractivity contribution in [3.8, 4) is 0 Å². The predicted molar refractivity (Wildman–Crippen MR) is 154 cm³/mol. The molecule has 1 unspecified atom stereocenters. The van der Waals surface area contributed by atoms with E-state index in [-0.39, 0.29) is 48.3 Å². The number of carboxylic acids is 1. The van der Waals surface area contributed by atoms with Crippen LogP contribution in [0.3, 0.4) is 0 Å². The highest BCUT2D eigenvalue weighted by molar-refractivity contribution is 7.91. The molecule has 1 N–H and O–H groups in total. The summed E-state index contributed by atoms with van der Waals surface area (Å²) in [5.41, 5.74) is 3.92. The van der Waals surface area contributed by atoms with Crippen molar-refractivity contribution in [3.05, 3.63) is 101 Å². The molecule has 8 heteroatoms. The van der Waals surface area contributed by atoms with E-state index in [1.807, 2.05) is 38.1 Å². The van der Waals surface area contributed by atoms with E-state index in [4.69, 9.17) is 9.84 Å². The average Bonchev–Trinajstić information content (AvgIpc) is 2.93. The van der Waals surface area contributed by atoms with Crippen LogP contribution in [0.25, 0.3) is 0 Å². The molecule has 0 aliphatic rings. The molecule has 3 rings (SSSR count). The van der Waals surface area contributed by atoms with E-state index in [0.717, 1.165) is 16.7 Å². The third-order valence-electron chi connectivity index (χ3n) is 6.72. The molecule has 0 saturated carbocycles. The molecular formula is C32H36O7S. The zero-order chi connectivity index (χ0) is 29.1. The van der Waals surface area contributed by atoms with Crippen molar-refractivity contribution >= 4 is 27.4 Å². The van der Waals surface area contributed by atoms with Crippen molar-refractivity contribution in [1.82, 2.24) is 0 Å². The molecular weight excluding hydrogens is 528 g/mol. The number of ether oxygens (including phenoxy) is 1. The van der Waals surface area contributed by atoms with Gasteiger partial charge in [-0.25, -0.2) is 8.42 Å². The first-order chi connectivity index (χ1) is 19.0. The Kier molecular flexibility index (Phi) is 11.3. The molecule has 0 spiro atoms. The van der Waals surface area contributed by atoms with E-state index in [1.54, 1.807) is 48.5 Å². The lowest BCUT2D eigenvalue weighted by Gasteiger charge is -2.17. The number of hydrogen-bond acceptors (Lipinski definition) is 6. The summed E-state index contributed by atoms with van der Waals surface area (Å²) in [6.45, 7) is 4.27. The first-order valence-corrected chi connectivity index (χ1v) is 15.0. The van der Waals surface area contributed by atoms with Gasteiger partial charge >= 0.3 is 5.97 Å². The van der Waals surface area contributed by atoms with Crippen molar-refractivity contribution in [1.29, 1.82) is 0 Å². The first-order valence-electron chi connectivity index (χ1n) is 13.4. The Morgan fingerprint density at radius 2 is 1.35 bits per heavy atom. The van der Waals surface area contributed by atoms with Gasteiger partial charge in [-0.1, -0.05) is 71.8 Å². The van der Waals surface area contributed by atoms with Crippen molar-refractivity contribution < 1.29 is 32.6 Å². The van der Waals surface area contributed by atoms with Crippen molar-refractivity contribution in [2.24, 2.45) is 5.92 Å². The van der Waals surface area contributed by atoms with Crippen molar-refractivity contribution in [2.75, 3.05) is 19.0 Å². The van der Waals surface area contributed by atoms with Crippen LogP contribution >= 0.6 is 0 Å².